The molecule has 1 aromatic heterocycles. The van der Waals surface area contributed by atoms with E-state index in [-0.39, 0.29) is 16.7 Å². The summed E-state index contributed by atoms with van der Waals surface area (Å²) >= 11 is 0. The third kappa shape index (κ3) is 1.39. The van der Waals surface area contributed by atoms with Crippen molar-refractivity contribution in [3.8, 4) is 0 Å². The second kappa shape index (κ2) is 3.23. The zero-order valence-corrected chi connectivity index (χ0v) is 7.67. The van der Waals surface area contributed by atoms with Crippen LogP contribution in [0.15, 0.2) is 21.3 Å². The van der Waals surface area contributed by atoms with Crippen LogP contribution in [0.5, 0.6) is 0 Å². The predicted octanol–water partition coefficient (Wildman–Crippen LogP) is 1.05. The van der Waals surface area contributed by atoms with Crippen molar-refractivity contribution in [1.29, 1.82) is 0 Å². The summed E-state index contributed by atoms with van der Waals surface area (Å²) in [7, 11) is 1.18. The van der Waals surface area contributed by atoms with Gasteiger partial charge in [-0.25, -0.2) is 14.0 Å². The molecule has 0 radical (unpaired) electrons. The number of hydrogen-bond donors (Lipinski definition) is 1. The maximum atomic E-state index is 13.2. The van der Waals surface area contributed by atoms with E-state index in [1.165, 1.54) is 13.2 Å². The van der Waals surface area contributed by atoms with Crippen molar-refractivity contribution < 1.29 is 18.3 Å². The fourth-order valence-corrected chi connectivity index (χ4v) is 1.27. The molecule has 0 aliphatic heterocycles. The number of aromatic amines is 1. The first kappa shape index (κ1) is 9.45. The van der Waals surface area contributed by atoms with E-state index >= 15 is 0 Å². The van der Waals surface area contributed by atoms with Crippen molar-refractivity contribution in [2.75, 3.05) is 7.11 Å². The highest BCUT2D eigenvalue weighted by Crippen LogP contribution is 2.19. The number of nitrogens with one attached hydrogen (secondary N) is 1. The zero-order chi connectivity index (χ0) is 11.0. The molecular weight excluding hydrogens is 205 g/mol. The van der Waals surface area contributed by atoms with Gasteiger partial charge < -0.3 is 9.15 Å². The predicted molar refractivity (Wildman–Crippen MR) is 48.1 cm³/mol. The lowest BCUT2D eigenvalue weighted by molar-refractivity contribution is 0.0601. The molecule has 1 N–H and O–H groups in total. The summed E-state index contributed by atoms with van der Waals surface area (Å²) in [5, 5.41) is 0. The van der Waals surface area contributed by atoms with E-state index in [0.29, 0.717) is 0 Å². The zero-order valence-electron chi connectivity index (χ0n) is 7.67. The third-order valence-electron chi connectivity index (χ3n) is 1.93. The molecule has 0 saturated heterocycles. The summed E-state index contributed by atoms with van der Waals surface area (Å²) in [6.07, 6.45) is 0. The van der Waals surface area contributed by atoms with Crippen LogP contribution in [0.3, 0.4) is 0 Å². The molecule has 2 aromatic rings. The Balaban J connectivity index is 2.82. The molecule has 6 heteroatoms. The van der Waals surface area contributed by atoms with Crippen LogP contribution < -0.4 is 5.76 Å². The lowest BCUT2D eigenvalue weighted by Crippen LogP contribution is -2.01. The summed E-state index contributed by atoms with van der Waals surface area (Å²) in [5.41, 5.74) is -0.262. The number of ether oxygens (including phenoxy) is 1. The highest BCUT2D eigenvalue weighted by Gasteiger charge is 2.17. The average molecular weight is 211 g/mol. The molecule has 0 aliphatic carbocycles. The van der Waals surface area contributed by atoms with Crippen LogP contribution in [0.1, 0.15) is 10.4 Å². The Labute approximate surface area is 82.5 Å². The number of hydrogen-bond acceptors (Lipinski definition) is 4. The Bertz CT molecular complexity index is 583. The summed E-state index contributed by atoms with van der Waals surface area (Å²) in [5.74, 6) is -2.17. The van der Waals surface area contributed by atoms with Crippen LogP contribution in [0.2, 0.25) is 0 Å². The maximum absolute atomic E-state index is 13.2. The number of halogens is 1. The van der Waals surface area contributed by atoms with Gasteiger partial charge in [-0.2, -0.15) is 0 Å². The molecule has 0 bridgehead atoms. The number of carbonyl (C=O) groups is 1. The van der Waals surface area contributed by atoms with Crippen LogP contribution in [0.25, 0.3) is 11.1 Å². The van der Waals surface area contributed by atoms with Crippen molar-refractivity contribution in [3.05, 3.63) is 34.1 Å². The second-order valence-electron chi connectivity index (χ2n) is 2.81. The number of benzene rings is 1. The normalized spacial score (nSPS) is 10.5. The number of oxazole rings is 1. The maximum Gasteiger partial charge on any atom is 0.417 e. The topological polar surface area (TPSA) is 72.3 Å². The summed E-state index contributed by atoms with van der Waals surface area (Å²) in [4.78, 5) is 24.2. The molecule has 1 aromatic carbocycles. The van der Waals surface area contributed by atoms with E-state index in [1.807, 2.05) is 0 Å². The minimum Gasteiger partial charge on any atom is -0.465 e. The second-order valence-corrected chi connectivity index (χ2v) is 2.81. The van der Waals surface area contributed by atoms with Gasteiger partial charge in [0.15, 0.2) is 11.4 Å². The van der Waals surface area contributed by atoms with Gasteiger partial charge in [0.1, 0.15) is 11.1 Å². The Morgan fingerprint density at radius 3 is 2.93 bits per heavy atom. The van der Waals surface area contributed by atoms with Crippen LogP contribution in [-0.4, -0.2) is 18.1 Å². The molecule has 0 saturated carbocycles. The number of esters is 1. The van der Waals surface area contributed by atoms with E-state index in [4.69, 9.17) is 0 Å². The summed E-state index contributed by atoms with van der Waals surface area (Å²) < 4.78 is 22.3. The number of H-pyrrole nitrogens is 1. The van der Waals surface area contributed by atoms with Crippen molar-refractivity contribution in [2.45, 2.75) is 0 Å². The Hall–Kier alpha value is -2.11. The van der Waals surface area contributed by atoms with E-state index in [9.17, 15) is 14.0 Å². The highest BCUT2D eigenvalue weighted by atomic mass is 19.1. The number of fused-ring (bicyclic) bond motifs is 1. The van der Waals surface area contributed by atoms with Gasteiger partial charge in [0.2, 0.25) is 0 Å². The molecule has 0 unspecified atom stereocenters. The molecule has 0 aliphatic rings. The minimum atomic E-state index is -0.819. The van der Waals surface area contributed by atoms with Crippen molar-refractivity contribution in [3.63, 3.8) is 0 Å². The fraction of sp³-hybridized carbons (Fsp3) is 0.111. The quantitative estimate of drug-likeness (QED) is 0.715. The number of carbonyl (C=O) groups excluding carboxylic acids is 1. The van der Waals surface area contributed by atoms with Gasteiger partial charge in [0, 0.05) is 0 Å². The average Bonchev–Trinajstić information content (AvgIpc) is 2.60. The molecule has 15 heavy (non-hydrogen) atoms. The molecule has 0 amide bonds. The van der Waals surface area contributed by atoms with Crippen LogP contribution in [0, 0.1) is 5.82 Å². The molecule has 2 rings (SSSR count). The van der Waals surface area contributed by atoms with Gasteiger partial charge in [-0.15, -0.1) is 0 Å². The first-order valence-electron chi connectivity index (χ1n) is 4.03. The van der Waals surface area contributed by atoms with E-state index < -0.39 is 17.5 Å². The summed E-state index contributed by atoms with van der Waals surface area (Å²) in [6, 6.07) is 2.25. The standard InChI is InChI=1S/C9H6FNO4/c1-14-8(12)4-2-3-5(10)6-7(4)15-9(13)11-6/h2-3H,1H3,(H,11,13). The molecule has 0 fully saturated rings. The van der Waals surface area contributed by atoms with Gasteiger partial charge in [-0.1, -0.05) is 0 Å². The minimum absolute atomic E-state index is 0.00671. The molecule has 0 atom stereocenters. The fourth-order valence-electron chi connectivity index (χ4n) is 1.27. The van der Waals surface area contributed by atoms with Crippen molar-refractivity contribution in [1.82, 2.24) is 4.98 Å². The largest absolute Gasteiger partial charge is 0.465 e. The number of methoxy groups -OCH3 is 1. The molecule has 78 valence electrons. The monoisotopic (exact) mass is 211 g/mol. The number of aromatic nitrogens is 1. The van der Waals surface area contributed by atoms with Crippen LogP contribution >= 0.6 is 0 Å². The Morgan fingerprint density at radius 1 is 1.53 bits per heavy atom. The smallest absolute Gasteiger partial charge is 0.417 e. The van der Waals surface area contributed by atoms with E-state index in [0.717, 1.165) is 6.07 Å². The lowest BCUT2D eigenvalue weighted by Gasteiger charge is -1.99. The lowest BCUT2D eigenvalue weighted by atomic mass is 10.2. The SMILES string of the molecule is COC(=O)c1ccc(F)c2[nH]c(=O)oc12. The highest BCUT2D eigenvalue weighted by molar-refractivity contribution is 6.00. The molecule has 1 heterocycles. The van der Waals surface area contributed by atoms with Gasteiger partial charge in [0.25, 0.3) is 0 Å². The van der Waals surface area contributed by atoms with Gasteiger partial charge >= 0.3 is 11.7 Å². The first-order valence-corrected chi connectivity index (χ1v) is 4.03. The molecule has 0 spiro atoms. The molecule has 5 nitrogen and oxygen atoms in total. The van der Waals surface area contributed by atoms with E-state index in [1.54, 1.807) is 0 Å². The first-order chi connectivity index (χ1) is 7.13. The van der Waals surface area contributed by atoms with Gasteiger partial charge in [-0.05, 0) is 12.1 Å². The van der Waals surface area contributed by atoms with Gasteiger partial charge in [-0.3, -0.25) is 4.98 Å². The Morgan fingerprint density at radius 2 is 2.27 bits per heavy atom. The van der Waals surface area contributed by atoms with Crippen molar-refractivity contribution in [2.24, 2.45) is 0 Å². The van der Waals surface area contributed by atoms with Crippen LogP contribution in [-0.2, 0) is 4.74 Å². The number of rotatable bonds is 1. The van der Waals surface area contributed by atoms with E-state index in [2.05, 4.69) is 14.1 Å². The third-order valence-corrected chi connectivity index (χ3v) is 1.93. The van der Waals surface area contributed by atoms with Gasteiger partial charge in [0.05, 0.1) is 7.11 Å². The van der Waals surface area contributed by atoms with Crippen molar-refractivity contribution >= 4 is 17.1 Å². The Kier molecular flexibility index (Phi) is 2.03. The van der Waals surface area contributed by atoms with Crippen LogP contribution in [0.4, 0.5) is 4.39 Å². The summed E-state index contributed by atoms with van der Waals surface area (Å²) in [6.45, 7) is 0. The molecular formula is C9H6FNO4.